The normalized spacial score (nSPS) is 24.7. The lowest BCUT2D eigenvalue weighted by Gasteiger charge is -2.18. The third-order valence-electron chi connectivity index (χ3n) is 4.72. The number of nitrogens with zero attached hydrogens (tertiary/aromatic N) is 2. The van der Waals surface area contributed by atoms with Crippen LogP contribution in [0.25, 0.3) is 0 Å². The molecule has 2 aliphatic rings. The minimum atomic E-state index is -2.98. The van der Waals surface area contributed by atoms with Gasteiger partial charge >= 0.3 is 0 Å². The largest absolute Gasteiger partial charge is 0.381 e. The Balaban J connectivity index is 1.63. The molecule has 2 heterocycles. The van der Waals surface area contributed by atoms with Crippen LogP contribution >= 0.6 is 0 Å². The van der Waals surface area contributed by atoms with Crippen molar-refractivity contribution in [2.24, 2.45) is 10.9 Å². The second kappa shape index (κ2) is 8.66. The summed E-state index contributed by atoms with van der Waals surface area (Å²) in [5.41, 5.74) is 0.876. The van der Waals surface area contributed by atoms with Gasteiger partial charge in [-0.15, -0.1) is 0 Å². The van der Waals surface area contributed by atoms with Crippen LogP contribution in [0.2, 0.25) is 0 Å². The number of nitro benzene ring substituents is 1. The van der Waals surface area contributed by atoms with E-state index < -0.39 is 14.8 Å². The molecule has 1 aromatic carbocycles. The monoisotopic (exact) mass is 396 g/mol. The summed E-state index contributed by atoms with van der Waals surface area (Å²) in [5, 5.41) is 17.2. The molecular weight excluding hydrogens is 372 g/mol. The van der Waals surface area contributed by atoms with E-state index in [0.717, 1.165) is 18.6 Å². The van der Waals surface area contributed by atoms with E-state index in [-0.39, 0.29) is 23.2 Å². The smallest absolute Gasteiger partial charge is 0.269 e. The quantitative estimate of drug-likeness (QED) is 0.316. The predicted molar refractivity (Wildman–Crippen MR) is 101 cm³/mol. The Bertz CT molecular complexity index is 788. The van der Waals surface area contributed by atoms with Crippen molar-refractivity contribution in [3.05, 3.63) is 39.9 Å². The summed E-state index contributed by atoms with van der Waals surface area (Å²) in [7, 11) is -2.98. The summed E-state index contributed by atoms with van der Waals surface area (Å²) in [5.74, 6) is 1.26. The number of rotatable bonds is 6. The second-order valence-electron chi connectivity index (χ2n) is 6.94. The van der Waals surface area contributed by atoms with Gasteiger partial charge < -0.3 is 15.4 Å². The summed E-state index contributed by atoms with van der Waals surface area (Å²) in [6, 6.07) is 6.09. The van der Waals surface area contributed by atoms with E-state index in [4.69, 9.17) is 4.74 Å². The average Bonchev–Trinajstić information content (AvgIpc) is 3.27. The Morgan fingerprint density at radius 1 is 1.30 bits per heavy atom. The molecule has 0 aromatic heterocycles. The van der Waals surface area contributed by atoms with Crippen LogP contribution in [-0.4, -0.2) is 56.6 Å². The number of nitrogens with one attached hydrogen (secondary N) is 2. The van der Waals surface area contributed by atoms with Crippen molar-refractivity contribution in [3.8, 4) is 0 Å². The molecule has 2 atom stereocenters. The topological polar surface area (TPSA) is 123 Å². The van der Waals surface area contributed by atoms with Crippen LogP contribution in [0.5, 0.6) is 0 Å². The van der Waals surface area contributed by atoms with E-state index in [1.54, 1.807) is 12.1 Å². The highest BCUT2D eigenvalue weighted by atomic mass is 32.2. The van der Waals surface area contributed by atoms with Crippen LogP contribution in [0.15, 0.2) is 29.3 Å². The predicted octanol–water partition coefficient (Wildman–Crippen LogP) is 0.854. The number of ether oxygens (including phenoxy) is 1. The molecular formula is C17H24N4O5S. The van der Waals surface area contributed by atoms with Gasteiger partial charge in [0.1, 0.15) is 0 Å². The number of aliphatic imine (C=N–C) groups is 1. The molecule has 0 bridgehead atoms. The van der Waals surface area contributed by atoms with Crippen molar-refractivity contribution in [1.82, 2.24) is 10.6 Å². The van der Waals surface area contributed by atoms with Crippen molar-refractivity contribution in [2.45, 2.75) is 25.4 Å². The average molecular weight is 396 g/mol. The number of hydrogen-bond acceptors (Lipinski definition) is 6. The van der Waals surface area contributed by atoms with Crippen molar-refractivity contribution >= 4 is 21.5 Å². The maximum atomic E-state index is 11.7. The minimum absolute atomic E-state index is 0.0385. The van der Waals surface area contributed by atoms with E-state index in [1.807, 2.05) is 0 Å². The molecule has 0 radical (unpaired) electrons. The summed E-state index contributed by atoms with van der Waals surface area (Å²) >= 11 is 0. The van der Waals surface area contributed by atoms with Gasteiger partial charge in [-0.2, -0.15) is 0 Å². The van der Waals surface area contributed by atoms with E-state index >= 15 is 0 Å². The van der Waals surface area contributed by atoms with E-state index in [9.17, 15) is 18.5 Å². The zero-order valence-corrected chi connectivity index (χ0v) is 15.8. The highest BCUT2D eigenvalue weighted by Crippen LogP contribution is 2.14. The maximum Gasteiger partial charge on any atom is 0.269 e. The number of nitro groups is 1. The van der Waals surface area contributed by atoms with E-state index in [2.05, 4.69) is 15.6 Å². The molecule has 2 saturated heterocycles. The van der Waals surface area contributed by atoms with Gasteiger partial charge in [0.15, 0.2) is 15.8 Å². The van der Waals surface area contributed by atoms with Crippen LogP contribution in [0.1, 0.15) is 18.4 Å². The Hall–Kier alpha value is -2.20. The minimum Gasteiger partial charge on any atom is -0.381 e. The first-order chi connectivity index (χ1) is 12.9. The van der Waals surface area contributed by atoms with Gasteiger partial charge in [-0.1, -0.05) is 12.1 Å². The Labute approximate surface area is 158 Å². The molecule has 0 saturated carbocycles. The lowest BCUT2D eigenvalue weighted by Crippen LogP contribution is -2.45. The van der Waals surface area contributed by atoms with Gasteiger partial charge in [-0.25, -0.2) is 13.4 Å². The number of benzene rings is 1. The summed E-state index contributed by atoms with van der Waals surface area (Å²) < 4.78 is 28.7. The second-order valence-corrected chi connectivity index (χ2v) is 9.17. The number of guanidine groups is 1. The molecule has 0 aliphatic carbocycles. The third kappa shape index (κ3) is 5.90. The molecule has 1 aromatic rings. The fourth-order valence-corrected chi connectivity index (χ4v) is 4.81. The van der Waals surface area contributed by atoms with Gasteiger partial charge in [-0.05, 0) is 18.4 Å². The highest BCUT2D eigenvalue weighted by Gasteiger charge is 2.28. The van der Waals surface area contributed by atoms with E-state index in [0.29, 0.717) is 38.0 Å². The van der Waals surface area contributed by atoms with Gasteiger partial charge in [0.25, 0.3) is 5.69 Å². The van der Waals surface area contributed by atoms with Crippen LogP contribution in [0.3, 0.4) is 0 Å². The van der Waals surface area contributed by atoms with Crippen molar-refractivity contribution in [1.29, 1.82) is 0 Å². The molecule has 148 valence electrons. The molecule has 9 nitrogen and oxygen atoms in total. The fourth-order valence-electron chi connectivity index (χ4n) is 3.13. The van der Waals surface area contributed by atoms with E-state index in [1.165, 1.54) is 12.1 Å². The van der Waals surface area contributed by atoms with Gasteiger partial charge in [-0.3, -0.25) is 10.1 Å². The highest BCUT2D eigenvalue weighted by molar-refractivity contribution is 7.91. The molecule has 3 rings (SSSR count). The zero-order chi connectivity index (χ0) is 19.3. The van der Waals surface area contributed by atoms with Crippen LogP contribution in [0.4, 0.5) is 5.69 Å². The van der Waals surface area contributed by atoms with Crippen molar-refractivity contribution in [3.63, 3.8) is 0 Å². The third-order valence-corrected chi connectivity index (χ3v) is 6.49. The van der Waals surface area contributed by atoms with Gasteiger partial charge in [0.2, 0.25) is 0 Å². The lowest BCUT2D eigenvalue weighted by atomic mass is 10.1. The Morgan fingerprint density at radius 3 is 2.67 bits per heavy atom. The van der Waals surface area contributed by atoms with Crippen molar-refractivity contribution < 1.29 is 18.1 Å². The molecule has 2 fully saturated rings. The summed E-state index contributed by atoms with van der Waals surface area (Å²) in [6.45, 7) is 2.51. The fraction of sp³-hybridized carbons (Fsp3) is 0.588. The van der Waals surface area contributed by atoms with Crippen LogP contribution < -0.4 is 10.6 Å². The first-order valence-corrected chi connectivity index (χ1v) is 10.8. The molecule has 10 heteroatoms. The summed E-state index contributed by atoms with van der Waals surface area (Å²) in [4.78, 5) is 14.8. The first-order valence-electron chi connectivity index (χ1n) is 8.98. The summed E-state index contributed by atoms with van der Waals surface area (Å²) in [6.07, 6.45) is 1.55. The van der Waals surface area contributed by atoms with Gasteiger partial charge in [0.05, 0.1) is 29.6 Å². The van der Waals surface area contributed by atoms with Gasteiger partial charge in [0, 0.05) is 37.2 Å². The molecule has 0 spiro atoms. The van der Waals surface area contributed by atoms with Crippen LogP contribution in [-0.2, 0) is 21.1 Å². The number of hydrogen-bond donors (Lipinski definition) is 2. The molecule has 2 aliphatic heterocycles. The molecule has 27 heavy (non-hydrogen) atoms. The molecule has 2 N–H and O–H groups in total. The Kier molecular flexibility index (Phi) is 6.27. The lowest BCUT2D eigenvalue weighted by molar-refractivity contribution is -0.384. The van der Waals surface area contributed by atoms with Crippen LogP contribution in [0, 0.1) is 16.0 Å². The van der Waals surface area contributed by atoms with Crippen molar-refractivity contribution in [2.75, 3.05) is 31.3 Å². The first kappa shape index (κ1) is 19.6. The molecule has 2 unspecified atom stereocenters. The molecule has 0 amide bonds. The standard InChI is InChI=1S/C17H24N4O5S/c22-21(23)16-3-1-13(2-4-16)9-18-17(19-10-14-5-7-26-11-14)20-15-6-8-27(24,25)12-15/h1-4,14-15H,5-12H2,(H2,18,19,20). The number of sulfone groups is 1. The number of non-ortho nitro benzene ring substituents is 1. The zero-order valence-electron chi connectivity index (χ0n) is 15.0. The maximum absolute atomic E-state index is 11.7. The SMILES string of the molecule is O=[N+]([O-])c1ccc(CN=C(NCC2CCOC2)NC2CCS(=O)(=O)C2)cc1. The Morgan fingerprint density at radius 2 is 2.07 bits per heavy atom.